The number of piperidine rings is 1. The van der Waals surface area contributed by atoms with Crippen molar-refractivity contribution in [1.82, 2.24) is 19.7 Å². The second-order valence-electron chi connectivity index (χ2n) is 7.60. The summed E-state index contributed by atoms with van der Waals surface area (Å²) in [4.78, 5) is 5.06. The summed E-state index contributed by atoms with van der Waals surface area (Å²) in [6.07, 6.45) is 6.53. The van der Waals surface area contributed by atoms with Crippen LogP contribution in [0.2, 0.25) is 0 Å². The predicted octanol–water partition coefficient (Wildman–Crippen LogP) is 2.11. The molecular formula is C18H31N5O. The monoisotopic (exact) mass is 333 g/mol. The van der Waals surface area contributed by atoms with Gasteiger partial charge in [0.1, 0.15) is 5.82 Å². The van der Waals surface area contributed by atoms with Crippen molar-refractivity contribution in [3.05, 3.63) is 5.82 Å². The molecule has 3 aliphatic rings. The van der Waals surface area contributed by atoms with Gasteiger partial charge in [-0.2, -0.15) is 0 Å². The zero-order valence-corrected chi connectivity index (χ0v) is 15.0. The number of aromatic nitrogens is 3. The van der Waals surface area contributed by atoms with Crippen LogP contribution in [0.4, 0.5) is 5.95 Å². The van der Waals surface area contributed by atoms with Crippen LogP contribution in [0.15, 0.2) is 0 Å². The van der Waals surface area contributed by atoms with Crippen LogP contribution in [-0.2, 0) is 11.3 Å². The highest BCUT2D eigenvalue weighted by molar-refractivity contribution is 5.33. The van der Waals surface area contributed by atoms with E-state index in [-0.39, 0.29) is 0 Å². The maximum absolute atomic E-state index is 5.48. The zero-order chi connectivity index (χ0) is 16.4. The molecule has 1 aromatic heterocycles. The number of rotatable bonds is 5. The third kappa shape index (κ3) is 3.31. The number of hydrogen-bond donors (Lipinski definition) is 0. The van der Waals surface area contributed by atoms with Crippen LogP contribution in [0.25, 0.3) is 0 Å². The zero-order valence-electron chi connectivity index (χ0n) is 15.0. The topological polar surface area (TPSA) is 46.4 Å². The largest absolute Gasteiger partial charge is 0.379 e. The van der Waals surface area contributed by atoms with E-state index in [9.17, 15) is 0 Å². The van der Waals surface area contributed by atoms with Crippen molar-refractivity contribution in [2.24, 2.45) is 5.92 Å². The van der Waals surface area contributed by atoms with Gasteiger partial charge in [0.15, 0.2) is 0 Å². The highest BCUT2D eigenvalue weighted by atomic mass is 16.5. The molecule has 0 aromatic carbocycles. The normalized spacial score (nSPS) is 26.5. The van der Waals surface area contributed by atoms with E-state index in [1.165, 1.54) is 44.5 Å². The lowest BCUT2D eigenvalue weighted by molar-refractivity contribution is 0.0296. The van der Waals surface area contributed by atoms with Crippen LogP contribution in [0.3, 0.4) is 0 Å². The molecule has 0 N–H and O–H groups in total. The molecule has 2 saturated heterocycles. The van der Waals surface area contributed by atoms with E-state index >= 15 is 0 Å². The van der Waals surface area contributed by atoms with Crippen molar-refractivity contribution in [3.8, 4) is 0 Å². The van der Waals surface area contributed by atoms with Crippen molar-refractivity contribution in [2.75, 3.05) is 50.8 Å². The fraction of sp³-hybridized carbons (Fsp3) is 0.889. The minimum Gasteiger partial charge on any atom is -0.379 e. The Morgan fingerprint density at radius 3 is 2.58 bits per heavy atom. The molecule has 1 atom stereocenters. The molecule has 0 amide bonds. The molecular weight excluding hydrogens is 302 g/mol. The van der Waals surface area contributed by atoms with Crippen molar-refractivity contribution >= 4 is 5.95 Å². The van der Waals surface area contributed by atoms with Gasteiger partial charge in [-0.25, -0.2) is 0 Å². The standard InChI is InChI=1S/C18H31N5O/c1-2-23-17(16-6-3-7-16)19-20-18(23)22-8-4-5-15(14-22)13-21-9-11-24-12-10-21/h15-16H,2-14H2,1H3/t15-/m1/s1. The molecule has 0 radical (unpaired) electrons. The number of nitrogens with zero attached hydrogens (tertiary/aromatic N) is 5. The predicted molar refractivity (Wildman–Crippen MR) is 94.5 cm³/mol. The first-order chi connectivity index (χ1) is 11.8. The van der Waals surface area contributed by atoms with Crippen LogP contribution < -0.4 is 4.90 Å². The van der Waals surface area contributed by atoms with Crippen LogP contribution in [0, 0.1) is 5.92 Å². The average Bonchev–Trinajstić information content (AvgIpc) is 2.98. The van der Waals surface area contributed by atoms with E-state index in [1.807, 2.05) is 0 Å². The van der Waals surface area contributed by atoms with Gasteiger partial charge in [0.2, 0.25) is 5.95 Å². The maximum Gasteiger partial charge on any atom is 0.227 e. The Labute approximate surface area is 145 Å². The molecule has 6 heteroatoms. The molecule has 1 aliphatic carbocycles. The highest BCUT2D eigenvalue weighted by Gasteiger charge is 2.30. The van der Waals surface area contributed by atoms with Gasteiger partial charge < -0.3 is 9.64 Å². The summed E-state index contributed by atoms with van der Waals surface area (Å²) in [5, 5.41) is 9.17. The maximum atomic E-state index is 5.48. The lowest BCUT2D eigenvalue weighted by Gasteiger charge is -2.37. The third-order valence-corrected chi connectivity index (χ3v) is 5.97. The van der Waals surface area contributed by atoms with Gasteiger partial charge in [-0.3, -0.25) is 9.47 Å². The molecule has 6 nitrogen and oxygen atoms in total. The van der Waals surface area contributed by atoms with Crippen LogP contribution in [0.5, 0.6) is 0 Å². The van der Waals surface area contributed by atoms with Crippen molar-refractivity contribution in [1.29, 1.82) is 0 Å². The summed E-state index contributed by atoms with van der Waals surface area (Å²) < 4.78 is 7.85. The van der Waals surface area contributed by atoms with E-state index in [0.717, 1.165) is 57.8 Å². The average molecular weight is 333 g/mol. The number of anilines is 1. The molecule has 0 bridgehead atoms. The fourth-order valence-corrected chi connectivity index (χ4v) is 4.36. The Bertz CT molecular complexity index is 536. The SMILES string of the molecule is CCn1c(C2CCC2)nnc1N1CCC[C@H](CN2CCOCC2)C1. The van der Waals surface area contributed by atoms with Crippen molar-refractivity contribution in [2.45, 2.75) is 51.5 Å². The lowest BCUT2D eigenvalue weighted by atomic mass is 9.85. The van der Waals surface area contributed by atoms with Gasteiger partial charge in [0, 0.05) is 45.2 Å². The summed E-state index contributed by atoms with van der Waals surface area (Å²) in [5.74, 6) is 3.74. The van der Waals surface area contributed by atoms with Crippen molar-refractivity contribution < 1.29 is 4.74 Å². The first-order valence-electron chi connectivity index (χ1n) is 9.83. The van der Waals surface area contributed by atoms with Gasteiger partial charge in [-0.15, -0.1) is 10.2 Å². The molecule has 4 rings (SSSR count). The molecule has 3 fully saturated rings. The summed E-state index contributed by atoms with van der Waals surface area (Å²) in [7, 11) is 0. The summed E-state index contributed by atoms with van der Waals surface area (Å²) in [6.45, 7) is 10.6. The van der Waals surface area contributed by atoms with Gasteiger partial charge >= 0.3 is 0 Å². The molecule has 2 aliphatic heterocycles. The van der Waals surface area contributed by atoms with E-state index < -0.39 is 0 Å². The van der Waals surface area contributed by atoms with Crippen LogP contribution in [-0.4, -0.2) is 65.6 Å². The Morgan fingerprint density at radius 1 is 1.04 bits per heavy atom. The Hall–Kier alpha value is -1.14. The molecule has 134 valence electrons. The first-order valence-corrected chi connectivity index (χ1v) is 9.83. The van der Waals surface area contributed by atoms with E-state index in [4.69, 9.17) is 4.74 Å². The number of hydrogen-bond acceptors (Lipinski definition) is 5. The minimum atomic E-state index is 0.653. The molecule has 3 heterocycles. The Kier molecular flexibility index (Phi) is 5.03. The second kappa shape index (κ2) is 7.40. The van der Waals surface area contributed by atoms with Gasteiger partial charge in [0.25, 0.3) is 0 Å². The van der Waals surface area contributed by atoms with E-state index in [1.54, 1.807) is 0 Å². The molecule has 0 spiro atoms. The van der Waals surface area contributed by atoms with Crippen molar-refractivity contribution in [3.63, 3.8) is 0 Å². The Morgan fingerprint density at radius 2 is 1.88 bits per heavy atom. The van der Waals surface area contributed by atoms with Crippen LogP contribution >= 0.6 is 0 Å². The van der Waals surface area contributed by atoms with Gasteiger partial charge in [-0.05, 0) is 38.5 Å². The highest BCUT2D eigenvalue weighted by Crippen LogP contribution is 2.36. The van der Waals surface area contributed by atoms with E-state index in [0.29, 0.717) is 5.92 Å². The fourth-order valence-electron chi connectivity index (χ4n) is 4.36. The third-order valence-electron chi connectivity index (χ3n) is 5.97. The summed E-state index contributed by atoms with van der Waals surface area (Å²) >= 11 is 0. The van der Waals surface area contributed by atoms with E-state index in [2.05, 4.69) is 31.5 Å². The Balaban J connectivity index is 1.42. The number of ether oxygens (including phenoxy) is 1. The molecule has 1 saturated carbocycles. The minimum absolute atomic E-state index is 0.653. The van der Waals surface area contributed by atoms with Gasteiger partial charge in [0.05, 0.1) is 13.2 Å². The lowest BCUT2D eigenvalue weighted by Crippen LogP contribution is -2.45. The second-order valence-corrected chi connectivity index (χ2v) is 7.60. The first kappa shape index (κ1) is 16.3. The smallest absolute Gasteiger partial charge is 0.227 e. The quantitative estimate of drug-likeness (QED) is 0.826. The summed E-state index contributed by atoms with van der Waals surface area (Å²) in [6, 6.07) is 0. The molecule has 0 unspecified atom stereocenters. The summed E-state index contributed by atoms with van der Waals surface area (Å²) in [5.41, 5.74) is 0. The number of morpholine rings is 1. The molecule has 1 aromatic rings. The van der Waals surface area contributed by atoms with Crippen LogP contribution in [0.1, 0.15) is 50.8 Å². The van der Waals surface area contributed by atoms with Gasteiger partial charge in [-0.1, -0.05) is 6.42 Å². The molecule has 24 heavy (non-hydrogen) atoms.